The fourth-order valence-corrected chi connectivity index (χ4v) is 2.87. The molecule has 7 heteroatoms. The molecule has 2 aromatic heterocycles. The maximum Gasteiger partial charge on any atom is 0.289 e. The summed E-state index contributed by atoms with van der Waals surface area (Å²) in [6, 6.07) is 0. The smallest absolute Gasteiger partial charge is 0.289 e. The number of nitrogens with zero attached hydrogens (tertiary/aromatic N) is 2. The first-order chi connectivity index (χ1) is 10.0. The van der Waals surface area contributed by atoms with Crippen LogP contribution < -0.4 is 5.32 Å². The van der Waals surface area contributed by atoms with Gasteiger partial charge in [-0.1, -0.05) is 6.92 Å². The summed E-state index contributed by atoms with van der Waals surface area (Å²) in [6.07, 6.45) is 0.669. The Morgan fingerprint density at radius 1 is 1.33 bits per heavy atom. The van der Waals surface area contributed by atoms with Crippen molar-refractivity contribution in [2.75, 3.05) is 7.11 Å². The summed E-state index contributed by atoms with van der Waals surface area (Å²) in [4.78, 5) is 21.7. The lowest BCUT2D eigenvalue weighted by molar-refractivity contribution is 0.0921. The number of nitrogens with one attached hydrogen (secondary N) is 1. The first kappa shape index (κ1) is 15.7. The summed E-state index contributed by atoms with van der Waals surface area (Å²) in [5.41, 5.74) is 1.53. The van der Waals surface area contributed by atoms with Crippen LogP contribution in [0.15, 0.2) is 4.42 Å². The highest BCUT2D eigenvalue weighted by Gasteiger charge is 2.17. The van der Waals surface area contributed by atoms with Gasteiger partial charge in [-0.2, -0.15) is 0 Å². The Morgan fingerprint density at radius 2 is 2.10 bits per heavy atom. The highest BCUT2D eigenvalue weighted by atomic mass is 32.1. The molecule has 0 aliphatic heterocycles. The predicted molar refractivity (Wildman–Crippen MR) is 79.4 cm³/mol. The zero-order valence-corrected chi connectivity index (χ0v) is 13.5. The van der Waals surface area contributed by atoms with Gasteiger partial charge in [0.15, 0.2) is 5.89 Å². The molecule has 114 valence electrons. The van der Waals surface area contributed by atoms with Gasteiger partial charge in [0.25, 0.3) is 5.91 Å². The van der Waals surface area contributed by atoms with Crippen molar-refractivity contribution in [1.29, 1.82) is 0 Å². The van der Waals surface area contributed by atoms with Crippen molar-refractivity contribution in [3.8, 4) is 0 Å². The van der Waals surface area contributed by atoms with Crippen LogP contribution in [-0.4, -0.2) is 23.0 Å². The van der Waals surface area contributed by atoms with E-state index in [1.54, 1.807) is 14.0 Å². The normalized spacial score (nSPS) is 10.9. The molecule has 0 radical (unpaired) electrons. The van der Waals surface area contributed by atoms with Crippen molar-refractivity contribution in [1.82, 2.24) is 15.3 Å². The number of hydrogen-bond acceptors (Lipinski definition) is 6. The average Bonchev–Trinajstić information content (AvgIpc) is 2.99. The number of amides is 1. The van der Waals surface area contributed by atoms with Gasteiger partial charge in [-0.15, -0.1) is 11.3 Å². The minimum absolute atomic E-state index is 0.249. The van der Waals surface area contributed by atoms with Gasteiger partial charge in [0.05, 0.1) is 24.5 Å². The number of methoxy groups -OCH3 is 1. The van der Waals surface area contributed by atoms with Crippen molar-refractivity contribution in [2.45, 2.75) is 40.3 Å². The molecule has 6 nitrogen and oxygen atoms in total. The Morgan fingerprint density at radius 3 is 2.71 bits per heavy atom. The van der Waals surface area contributed by atoms with Gasteiger partial charge in [-0.05, 0) is 13.8 Å². The van der Waals surface area contributed by atoms with E-state index in [2.05, 4.69) is 15.3 Å². The minimum Gasteiger partial charge on any atom is -0.435 e. The Bertz CT molecular complexity index is 633. The molecule has 1 N–H and O–H groups in total. The first-order valence-corrected chi connectivity index (χ1v) is 7.55. The topological polar surface area (TPSA) is 77.2 Å². The molecule has 0 aliphatic carbocycles. The Hall–Kier alpha value is -1.73. The Balaban J connectivity index is 2.02. The van der Waals surface area contributed by atoms with E-state index in [4.69, 9.17) is 9.15 Å². The van der Waals surface area contributed by atoms with E-state index in [-0.39, 0.29) is 11.7 Å². The highest BCUT2D eigenvalue weighted by Crippen LogP contribution is 2.19. The summed E-state index contributed by atoms with van der Waals surface area (Å²) in [5.74, 6) is 0.612. The first-order valence-electron chi connectivity index (χ1n) is 6.73. The van der Waals surface area contributed by atoms with Crippen molar-refractivity contribution >= 4 is 17.2 Å². The fourth-order valence-electron chi connectivity index (χ4n) is 1.89. The number of oxazole rings is 1. The molecule has 0 atom stereocenters. The lowest BCUT2D eigenvalue weighted by Gasteiger charge is -2.02. The van der Waals surface area contributed by atoms with Crippen LogP contribution in [-0.2, 0) is 24.3 Å². The lowest BCUT2D eigenvalue weighted by atomic mass is 10.3. The average molecular weight is 309 g/mol. The summed E-state index contributed by atoms with van der Waals surface area (Å²) in [6.45, 7) is 6.54. The van der Waals surface area contributed by atoms with Gasteiger partial charge >= 0.3 is 0 Å². The molecular weight excluding hydrogens is 290 g/mol. The van der Waals surface area contributed by atoms with Crippen LogP contribution in [0.3, 0.4) is 0 Å². The maximum absolute atomic E-state index is 12.1. The number of rotatable bonds is 6. The molecule has 0 bridgehead atoms. The van der Waals surface area contributed by atoms with E-state index < -0.39 is 0 Å². The fraction of sp³-hybridized carbons (Fsp3) is 0.500. The monoisotopic (exact) mass is 309 g/mol. The van der Waals surface area contributed by atoms with Crippen LogP contribution in [0.5, 0.6) is 0 Å². The van der Waals surface area contributed by atoms with Crippen molar-refractivity contribution < 1.29 is 13.9 Å². The van der Waals surface area contributed by atoms with Crippen molar-refractivity contribution in [2.24, 2.45) is 0 Å². The van der Waals surface area contributed by atoms with Gasteiger partial charge in [0, 0.05) is 18.4 Å². The number of aryl methyl sites for hydroxylation is 3. The zero-order valence-electron chi connectivity index (χ0n) is 12.6. The van der Waals surface area contributed by atoms with E-state index in [1.165, 1.54) is 11.3 Å². The van der Waals surface area contributed by atoms with Gasteiger partial charge in [-0.25, -0.2) is 9.97 Å². The molecule has 2 heterocycles. The number of carbonyl (C=O) groups excluding carboxylic acids is 1. The van der Waals surface area contributed by atoms with Crippen molar-refractivity contribution in [3.05, 3.63) is 32.9 Å². The number of aromatic nitrogens is 2. The number of carbonyl (C=O) groups is 1. The van der Waals surface area contributed by atoms with E-state index in [0.29, 0.717) is 31.2 Å². The Labute approximate surface area is 127 Å². The molecule has 0 aromatic carbocycles. The molecule has 21 heavy (non-hydrogen) atoms. The third-order valence-electron chi connectivity index (χ3n) is 2.96. The molecule has 0 aliphatic rings. The van der Waals surface area contributed by atoms with E-state index in [0.717, 1.165) is 15.6 Å². The molecule has 0 spiro atoms. The van der Waals surface area contributed by atoms with Crippen LogP contribution in [0.1, 0.15) is 44.6 Å². The van der Waals surface area contributed by atoms with Crippen molar-refractivity contribution in [3.63, 3.8) is 0 Å². The van der Waals surface area contributed by atoms with E-state index >= 15 is 0 Å². The molecule has 2 aromatic rings. The third kappa shape index (κ3) is 3.68. The van der Waals surface area contributed by atoms with E-state index in [9.17, 15) is 4.79 Å². The third-order valence-corrected chi connectivity index (χ3v) is 4.09. The predicted octanol–water partition coefficient (Wildman–Crippen LogP) is 2.39. The van der Waals surface area contributed by atoms with Gasteiger partial charge in [0.1, 0.15) is 5.01 Å². The molecular formula is C14H19N3O3S. The van der Waals surface area contributed by atoms with Gasteiger partial charge < -0.3 is 14.5 Å². The summed E-state index contributed by atoms with van der Waals surface area (Å²) >= 11 is 1.54. The maximum atomic E-state index is 12.1. The second-order valence-electron chi connectivity index (χ2n) is 4.61. The van der Waals surface area contributed by atoms with Gasteiger partial charge in [0.2, 0.25) is 5.76 Å². The number of hydrogen-bond donors (Lipinski definition) is 1. The SMILES string of the molecule is CCc1nc(C)c(C(=O)NCc2sc(COC)nc2C)o1. The summed E-state index contributed by atoms with van der Waals surface area (Å²) in [7, 11) is 1.64. The summed E-state index contributed by atoms with van der Waals surface area (Å²) in [5, 5.41) is 3.75. The second-order valence-corrected chi connectivity index (χ2v) is 5.78. The molecule has 0 fully saturated rings. The number of ether oxygens (including phenoxy) is 1. The van der Waals surface area contributed by atoms with Crippen LogP contribution in [0.2, 0.25) is 0 Å². The molecule has 0 saturated carbocycles. The van der Waals surface area contributed by atoms with E-state index in [1.807, 2.05) is 13.8 Å². The molecule has 2 rings (SSSR count). The highest BCUT2D eigenvalue weighted by molar-refractivity contribution is 7.11. The quantitative estimate of drug-likeness (QED) is 0.886. The molecule has 0 saturated heterocycles. The number of thiazole rings is 1. The van der Waals surface area contributed by atoms with Gasteiger partial charge in [-0.3, -0.25) is 4.79 Å². The lowest BCUT2D eigenvalue weighted by Crippen LogP contribution is -2.22. The summed E-state index contributed by atoms with van der Waals surface area (Å²) < 4.78 is 10.5. The van der Waals surface area contributed by atoms with Crippen LogP contribution in [0.4, 0.5) is 0 Å². The Kier molecular flexibility index (Phi) is 5.08. The van der Waals surface area contributed by atoms with Crippen LogP contribution in [0, 0.1) is 13.8 Å². The minimum atomic E-state index is -0.249. The standard InChI is InChI=1S/C14H19N3O3S/c1-5-11-16-9(3)13(20-11)14(18)15-6-10-8(2)17-12(21-10)7-19-4/h5-7H2,1-4H3,(H,15,18). The van der Waals surface area contributed by atoms with Crippen LogP contribution >= 0.6 is 11.3 Å². The zero-order chi connectivity index (χ0) is 15.4. The molecule has 0 unspecified atom stereocenters. The van der Waals surface area contributed by atoms with Crippen LogP contribution in [0.25, 0.3) is 0 Å². The second kappa shape index (κ2) is 6.82. The molecule has 1 amide bonds. The largest absolute Gasteiger partial charge is 0.435 e.